The summed E-state index contributed by atoms with van der Waals surface area (Å²) >= 11 is 6.38. The lowest BCUT2D eigenvalue weighted by molar-refractivity contribution is -0.122. The van der Waals surface area contributed by atoms with E-state index in [1.807, 2.05) is 36.4 Å². The minimum atomic E-state index is -0.300. The van der Waals surface area contributed by atoms with Gasteiger partial charge in [-0.15, -0.1) is 0 Å². The van der Waals surface area contributed by atoms with Crippen molar-refractivity contribution in [2.75, 3.05) is 14.2 Å². The number of hydrogen-bond donors (Lipinski definition) is 1. The quantitative estimate of drug-likeness (QED) is 0.811. The summed E-state index contributed by atoms with van der Waals surface area (Å²) in [7, 11) is 3.18. The summed E-state index contributed by atoms with van der Waals surface area (Å²) in [6.45, 7) is 0. The van der Waals surface area contributed by atoms with Crippen molar-refractivity contribution in [2.24, 2.45) is 0 Å². The smallest absolute Gasteiger partial charge is 0.225 e. The number of hydrogen-bond acceptors (Lipinski definition) is 4. The van der Waals surface area contributed by atoms with Gasteiger partial charge in [0.2, 0.25) is 5.91 Å². The predicted octanol–water partition coefficient (Wildman–Crippen LogP) is 4.36. The van der Waals surface area contributed by atoms with Crippen LogP contribution in [-0.4, -0.2) is 25.9 Å². The molecule has 2 aliphatic rings. The Morgan fingerprint density at radius 1 is 0.966 bits per heavy atom. The van der Waals surface area contributed by atoms with Crippen molar-refractivity contribution in [3.8, 4) is 11.5 Å². The number of carbonyl (C=O) groups is 2. The molecule has 0 unspecified atom stereocenters. The monoisotopic (exact) mass is 411 g/mol. The number of nitrogens with one attached hydrogen (secondary N) is 1. The highest BCUT2D eigenvalue weighted by Crippen LogP contribution is 2.44. The lowest BCUT2D eigenvalue weighted by atomic mass is 9.73. The average Bonchev–Trinajstić information content (AvgIpc) is 2.72. The molecule has 0 aromatic heterocycles. The van der Waals surface area contributed by atoms with E-state index in [0.717, 1.165) is 11.1 Å². The lowest BCUT2D eigenvalue weighted by Gasteiger charge is -2.34. The molecule has 1 amide bonds. The molecule has 29 heavy (non-hydrogen) atoms. The number of rotatable bonds is 4. The van der Waals surface area contributed by atoms with Gasteiger partial charge in [-0.2, -0.15) is 0 Å². The summed E-state index contributed by atoms with van der Waals surface area (Å²) in [5.41, 5.74) is 3.21. The molecule has 2 aromatic rings. The zero-order valence-electron chi connectivity index (χ0n) is 16.3. The van der Waals surface area contributed by atoms with Crippen LogP contribution in [0.5, 0.6) is 11.5 Å². The van der Waals surface area contributed by atoms with Gasteiger partial charge in [-0.05, 0) is 41.7 Å². The number of methoxy groups -OCH3 is 2. The molecule has 0 spiro atoms. The minimum absolute atomic E-state index is 0.0358. The number of Topliss-reactive ketones (excluding diaryl/α,β-unsaturated/α-hetero) is 1. The second-order valence-corrected chi connectivity index (χ2v) is 7.77. The van der Waals surface area contributed by atoms with Gasteiger partial charge in [-0.1, -0.05) is 35.9 Å². The second kappa shape index (κ2) is 7.91. The SMILES string of the molecule is COc1ccc([C@@H]2CC(=O)C3=C(C2)NC(=O)C[C@H]3c2ccccc2Cl)cc1OC. The highest BCUT2D eigenvalue weighted by molar-refractivity contribution is 6.31. The molecule has 1 aliphatic heterocycles. The largest absolute Gasteiger partial charge is 0.493 e. The Hall–Kier alpha value is -2.79. The maximum Gasteiger partial charge on any atom is 0.225 e. The third-order valence-corrected chi connectivity index (χ3v) is 6.04. The van der Waals surface area contributed by atoms with Gasteiger partial charge in [0.25, 0.3) is 0 Å². The van der Waals surface area contributed by atoms with Crippen LogP contribution in [0.25, 0.3) is 0 Å². The molecule has 2 atom stereocenters. The van der Waals surface area contributed by atoms with Gasteiger partial charge in [0, 0.05) is 35.1 Å². The number of halogens is 1. The second-order valence-electron chi connectivity index (χ2n) is 7.36. The zero-order valence-corrected chi connectivity index (χ0v) is 17.1. The van der Waals surface area contributed by atoms with Gasteiger partial charge in [0.1, 0.15) is 0 Å². The number of ether oxygens (including phenoxy) is 2. The van der Waals surface area contributed by atoms with Crippen LogP contribution < -0.4 is 14.8 Å². The van der Waals surface area contributed by atoms with Crippen molar-refractivity contribution in [3.63, 3.8) is 0 Å². The molecular weight excluding hydrogens is 390 g/mol. The maximum absolute atomic E-state index is 13.2. The fraction of sp³-hybridized carbons (Fsp3) is 0.304. The summed E-state index contributed by atoms with van der Waals surface area (Å²) in [6, 6.07) is 13.1. The highest BCUT2D eigenvalue weighted by atomic mass is 35.5. The average molecular weight is 412 g/mol. The van der Waals surface area contributed by atoms with E-state index in [4.69, 9.17) is 21.1 Å². The Bertz CT molecular complexity index is 1010. The fourth-order valence-corrected chi connectivity index (χ4v) is 4.59. The Balaban J connectivity index is 1.71. The molecule has 0 saturated heterocycles. The van der Waals surface area contributed by atoms with Crippen LogP contribution in [0.15, 0.2) is 53.7 Å². The summed E-state index contributed by atoms with van der Waals surface area (Å²) in [5.74, 6) is 0.893. The summed E-state index contributed by atoms with van der Waals surface area (Å²) in [4.78, 5) is 25.6. The first-order valence-corrected chi connectivity index (χ1v) is 9.92. The molecular formula is C23H22ClNO4. The van der Waals surface area contributed by atoms with E-state index >= 15 is 0 Å². The Kier molecular flexibility index (Phi) is 5.33. The van der Waals surface area contributed by atoms with Gasteiger partial charge >= 0.3 is 0 Å². The number of ketones is 1. The van der Waals surface area contributed by atoms with E-state index in [9.17, 15) is 9.59 Å². The van der Waals surface area contributed by atoms with Crippen molar-refractivity contribution < 1.29 is 19.1 Å². The Labute approximate surface area is 174 Å². The summed E-state index contributed by atoms with van der Waals surface area (Å²) in [6.07, 6.45) is 1.20. The lowest BCUT2D eigenvalue weighted by Crippen LogP contribution is -2.38. The van der Waals surface area contributed by atoms with E-state index in [1.54, 1.807) is 20.3 Å². The van der Waals surface area contributed by atoms with Crippen LogP contribution in [0.1, 0.15) is 42.2 Å². The normalized spacial score (nSPS) is 21.5. The molecule has 6 heteroatoms. The predicted molar refractivity (Wildman–Crippen MR) is 111 cm³/mol. The van der Waals surface area contributed by atoms with Crippen molar-refractivity contribution in [3.05, 3.63) is 69.9 Å². The molecule has 0 saturated carbocycles. The topological polar surface area (TPSA) is 64.6 Å². The molecule has 4 rings (SSSR count). The minimum Gasteiger partial charge on any atom is -0.493 e. The van der Waals surface area contributed by atoms with Crippen LogP contribution >= 0.6 is 11.6 Å². The molecule has 1 heterocycles. The van der Waals surface area contributed by atoms with E-state index in [-0.39, 0.29) is 29.9 Å². The molecule has 2 aromatic carbocycles. The highest BCUT2D eigenvalue weighted by Gasteiger charge is 2.38. The Morgan fingerprint density at radius 3 is 2.45 bits per heavy atom. The molecule has 1 N–H and O–H groups in total. The zero-order chi connectivity index (χ0) is 20.5. The van der Waals surface area contributed by atoms with E-state index in [0.29, 0.717) is 40.6 Å². The van der Waals surface area contributed by atoms with Crippen LogP contribution in [0.3, 0.4) is 0 Å². The van der Waals surface area contributed by atoms with Crippen LogP contribution in [0.4, 0.5) is 0 Å². The van der Waals surface area contributed by atoms with Crippen molar-refractivity contribution in [1.29, 1.82) is 0 Å². The van der Waals surface area contributed by atoms with Gasteiger partial charge in [-0.25, -0.2) is 0 Å². The van der Waals surface area contributed by atoms with E-state index < -0.39 is 0 Å². The summed E-state index contributed by atoms with van der Waals surface area (Å²) < 4.78 is 10.7. The molecule has 0 bridgehead atoms. The van der Waals surface area contributed by atoms with Crippen LogP contribution in [0, 0.1) is 0 Å². The first-order chi connectivity index (χ1) is 14.0. The standard InChI is InChI=1S/C23H22ClNO4/c1-28-20-8-7-13(11-21(20)29-2)14-9-18-23(19(26)10-14)16(12-22(27)25-18)15-5-3-4-6-17(15)24/h3-8,11,14,16H,9-10,12H2,1-2H3,(H,25,27)/t14-,16-/m0/s1. The van der Waals surface area contributed by atoms with Crippen LogP contribution in [0.2, 0.25) is 5.02 Å². The van der Waals surface area contributed by atoms with Crippen molar-refractivity contribution in [1.82, 2.24) is 5.32 Å². The van der Waals surface area contributed by atoms with Gasteiger partial charge in [0.15, 0.2) is 17.3 Å². The fourth-order valence-electron chi connectivity index (χ4n) is 4.33. The van der Waals surface area contributed by atoms with E-state index in [2.05, 4.69) is 5.32 Å². The number of carbonyl (C=O) groups excluding carboxylic acids is 2. The van der Waals surface area contributed by atoms with Gasteiger partial charge in [-0.3, -0.25) is 9.59 Å². The third-order valence-electron chi connectivity index (χ3n) is 5.70. The van der Waals surface area contributed by atoms with Crippen molar-refractivity contribution >= 4 is 23.3 Å². The number of amides is 1. The third kappa shape index (κ3) is 3.62. The van der Waals surface area contributed by atoms with Crippen LogP contribution in [-0.2, 0) is 9.59 Å². The van der Waals surface area contributed by atoms with E-state index in [1.165, 1.54) is 0 Å². The van der Waals surface area contributed by atoms with Gasteiger partial charge < -0.3 is 14.8 Å². The first kappa shape index (κ1) is 19.5. The molecule has 1 aliphatic carbocycles. The van der Waals surface area contributed by atoms with Gasteiger partial charge in [0.05, 0.1) is 14.2 Å². The number of allylic oxidation sites excluding steroid dienone is 2. The molecule has 150 valence electrons. The molecule has 5 nitrogen and oxygen atoms in total. The maximum atomic E-state index is 13.2. The molecule has 0 radical (unpaired) electrons. The van der Waals surface area contributed by atoms with Crippen molar-refractivity contribution in [2.45, 2.75) is 31.1 Å². The molecule has 0 fully saturated rings. The Morgan fingerprint density at radius 2 is 1.72 bits per heavy atom. The first-order valence-electron chi connectivity index (χ1n) is 9.54. The summed E-state index contributed by atoms with van der Waals surface area (Å²) in [5, 5.41) is 3.52. The number of benzene rings is 2.